The number of fused-ring (bicyclic) bond motifs is 3. The van der Waals surface area contributed by atoms with E-state index < -0.39 is 12.1 Å². The van der Waals surface area contributed by atoms with Crippen LogP contribution in [0.5, 0.6) is 17.2 Å². The fraction of sp³-hybridized carbons (Fsp3) is 0.353. The number of carbonyl (C=O) groups excluding carboxylic acids is 2. The van der Waals surface area contributed by atoms with E-state index in [1.165, 1.54) is 24.9 Å². The molecule has 13 heteroatoms. The van der Waals surface area contributed by atoms with Gasteiger partial charge in [0.1, 0.15) is 6.04 Å². The number of nitrogens with one attached hydrogen (secondary N) is 3. The summed E-state index contributed by atoms with van der Waals surface area (Å²) in [6.07, 6.45) is 1.11. The van der Waals surface area contributed by atoms with Crippen molar-refractivity contribution in [3.05, 3.63) is 69.9 Å². The number of nitrogens with zero attached hydrogens (tertiary/aromatic N) is 4. The second-order valence-electron chi connectivity index (χ2n) is 11.6. The van der Waals surface area contributed by atoms with Crippen molar-refractivity contribution in [2.45, 2.75) is 45.7 Å². The van der Waals surface area contributed by atoms with Gasteiger partial charge >= 0.3 is 0 Å². The Bertz CT molecular complexity index is 1870. The van der Waals surface area contributed by atoms with Crippen LogP contribution in [0.25, 0.3) is 22.5 Å². The zero-order valence-corrected chi connectivity index (χ0v) is 27.5. The summed E-state index contributed by atoms with van der Waals surface area (Å²) in [5.41, 5.74) is 4.12. The molecule has 1 aliphatic rings. The summed E-state index contributed by atoms with van der Waals surface area (Å²) in [7, 11) is 6.32. The number of aryl methyl sites for hydroxylation is 2. The molecule has 2 amide bonds. The maximum atomic E-state index is 13.9. The van der Waals surface area contributed by atoms with E-state index >= 15 is 0 Å². The van der Waals surface area contributed by atoms with Gasteiger partial charge in [-0.1, -0.05) is 32.0 Å². The van der Waals surface area contributed by atoms with Crippen LogP contribution in [0.4, 0.5) is 11.4 Å². The van der Waals surface area contributed by atoms with Crippen molar-refractivity contribution in [1.82, 2.24) is 25.5 Å². The summed E-state index contributed by atoms with van der Waals surface area (Å²) in [6, 6.07) is 12.8. The van der Waals surface area contributed by atoms with Crippen molar-refractivity contribution < 1.29 is 23.8 Å². The van der Waals surface area contributed by atoms with Crippen LogP contribution in [-0.4, -0.2) is 59.4 Å². The molecule has 0 saturated carbocycles. The molecule has 47 heavy (non-hydrogen) atoms. The number of benzene rings is 2. The highest BCUT2D eigenvalue weighted by molar-refractivity contribution is 5.97. The first-order valence-electron chi connectivity index (χ1n) is 15.2. The Hall–Kier alpha value is -5.46. The van der Waals surface area contributed by atoms with E-state index in [1.54, 1.807) is 45.5 Å². The molecule has 3 aromatic carbocycles. The van der Waals surface area contributed by atoms with E-state index in [-0.39, 0.29) is 28.8 Å². The average molecular weight is 642 g/mol. The van der Waals surface area contributed by atoms with Crippen LogP contribution in [0, 0.1) is 5.92 Å². The lowest BCUT2D eigenvalue weighted by Crippen LogP contribution is -2.39. The van der Waals surface area contributed by atoms with Gasteiger partial charge in [0.2, 0.25) is 28.8 Å². The molecule has 1 aliphatic carbocycles. The number of methoxy groups -OCH3 is 3. The third kappa shape index (κ3) is 6.88. The van der Waals surface area contributed by atoms with Crippen LogP contribution in [-0.2, 0) is 23.1 Å². The first kappa shape index (κ1) is 32.9. The number of rotatable bonds is 10. The normalized spacial score (nSPS) is 14.3. The van der Waals surface area contributed by atoms with E-state index in [2.05, 4.69) is 31.4 Å². The van der Waals surface area contributed by atoms with Crippen LogP contribution in [0.15, 0.2) is 53.3 Å². The van der Waals surface area contributed by atoms with Crippen LogP contribution in [0.3, 0.4) is 0 Å². The second kappa shape index (κ2) is 13.9. The minimum atomic E-state index is -0.763. The molecule has 3 N–H and O–H groups in total. The quantitative estimate of drug-likeness (QED) is 0.230. The predicted molar refractivity (Wildman–Crippen MR) is 178 cm³/mol. The maximum Gasteiger partial charge on any atom is 0.247 e. The Labute approximate surface area is 272 Å². The Morgan fingerprint density at radius 1 is 1.00 bits per heavy atom. The highest BCUT2D eigenvalue weighted by atomic mass is 16.5. The van der Waals surface area contributed by atoms with Crippen molar-refractivity contribution in [3.8, 4) is 39.8 Å². The Kier molecular flexibility index (Phi) is 9.73. The standard InChI is InChI=1S/C34H39N7O6/c1-18(2)30(34(44)36-22-10-8-9-21(15-22)33-38-40-41(4)39-33)37-26-14-12-23-24(17-27(26)43)25(35-19(3)42)13-11-20-16-28(45-5)31(46-6)32(47-7)29(20)23/h8-10,12,14-18,25,30H,11,13H2,1-7H3,(H,35,42)(H,36,44)(H,37,43)/t25-,30-/m1/s1. The third-order valence-corrected chi connectivity index (χ3v) is 8.07. The van der Waals surface area contributed by atoms with Crippen LogP contribution < -0.4 is 35.6 Å². The number of aromatic nitrogens is 4. The maximum absolute atomic E-state index is 13.9. The summed E-state index contributed by atoms with van der Waals surface area (Å²) in [4.78, 5) is 41.2. The lowest BCUT2D eigenvalue weighted by Gasteiger charge is -2.22. The predicted octanol–water partition coefficient (Wildman–Crippen LogP) is 4.13. The fourth-order valence-corrected chi connectivity index (χ4v) is 5.89. The highest BCUT2D eigenvalue weighted by Crippen LogP contribution is 2.50. The molecular formula is C34H39N7O6. The number of ether oxygens (including phenoxy) is 3. The summed E-state index contributed by atoms with van der Waals surface area (Å²) in [6.45, 7) is 5.24. The zero-order valence-electron chi connectivity index (χ0n) is 27.5. The number of tetrazole rings is 1. The van der Waals surface area contributed by atoms with Crippen molar-refractivity contribution in [2.75, 3.05) is 32.0 Å². The van der Waals surface area contributed by atoms with Gasteiger partial charge in [0.15, 0.2) is 11.5 Å². The van der Waals surface area contributed by atoms with Gasteiger partial charge in [-0.25, -0.2) is 0 Å². The smallest absolute Gasteiger partial charge is 0.247 e. The molecule has 0 unspecified atom stereocenters. The van der Waals surface area contributed by atoms with Crippen molar-refractivity contribution in [2.24, 2.45) is 13.0 Å². The third-order valence-electron chi connectivity index (χ3n) is 8.07. The second-order valence-corrected chi connectivity index (χ2v) is 11.6. The van der Waals surface area contributed by atoms with Gasteiger partial charge < -0.3 is 30.2 Å². The topological polar surface area (TPSA) is 159 Å². The molecule has 0 fully saturated rings. The fourth-order valence-electron chi connectivity index (χ4n) is 5.89. The highest BCUT2D eigenvalue weighted by Gasteiger charge is 2.30. The Morgan fingerprint density at radius 2 is 1.77 bits per heavy atom. The molecule has 0 aliphatic heterocycles. The first-order valence-corrected chi connectivity index (χ1v) is 15.2. The van der Waals surface area contributed by atoms with Crippen molar-refractivity contribution in [3.63, 3.8) is 0 Å². The molecular weight excluding hydrogens is 602 g/mol. The number of anilines is 2. The molecule has 5 rings (SSSR count). The summed E-state index contributed by atoms with van der Waals surface area (Å²) < 4.78 is 17.1. The van der Waals surface area contributed by atoms with E-state index in [0.29, 0.717) is 58.3 Å². The molecule has 2 atom stereocenters. The molecule has 0 radical (unpaired) electrons. The van der Waals surface area contributed by atoms with Crippen LogP contribution in [0.2, 0.25) is 0 Å². The van der Waals surface area contributed by atoms with Gasteiger partial charge in [0, 0.05) is 23.7 Å². The molecule has 1 aromatic heterocycles. The number of hydrogen-bond acceptors (Lipinski definition) is 10. The summed E-state index contributed by atoms with van der Waals surface area (Å²) in [5.74, 6) is 1.09. The SMILES string of the molecule is COc1cc2c(c(OC)c1OC)-c1ccc(N[C@@H](C(=O)Nc3cccc(-c4nnn(C)n4)c3)C(C)C)c(=O)cc1[C@H](NC(C)=O)CC2. The van der Waals surface area contributed by atoms with Gasteiger partial charge in [-0.05, 0) is 71.0 Å². The lowest BCUT2D eigenvalue weighted by molar-refractivity contribution is -0.120. The van der Waals surface area contributed by atoms with Gasteiger partial charge in [-0.15, -0.1) is 10.2 Å². The zero-order chi connectivity index (χ0) is 33.8. The van der Waals surface area contributed by atoms with E-state index in [4.69, 9.17) is 14.2 Å². The minimum absolute atomic E-state index is 0.188. The van der Waals surface area contributed by atoms with Crippen LogP contribution in [0.1, 0.15) is 44.4 Å². The van der Waals surface area contributed by atoms with Gasteiger partial charge in [-0.3, -0.25) is 14.4 Å². The summed E-state index contributed by atoms with van der Waals surface area (Å²) in [5, 5.41) is 21.3. The lowest BCUT2D eigenvalue weighted by atomic mass is 9.95. The van der Waals surface area contributed by atoms with E-state index in [0.717, 1.165) is 11.1 Å². The number of amides is 2. The number of hydrogen-bond donors (Lipinski definition) is 3. The molecule has 4 aromatic rings. The van der Waals surface area contributed by atoms with E-state index in [9.17, 15) is 14.4 Å². The number of carbonyl (C=O) groups is 2. The Balaban J connectivity index is 1.55. The average Bonchev–Trinajstić information content (AvgIpc) is 3.35. The van der Waals surface area contributed by atoms with Crippen LogP contribution >= 0.6 is 0 Å². The minimum Gasteiger partial charge on any atom is -0.493 e. The van der Waals surface area contributed by atoms with Gasteiger partial charge in [0.05, 0.1) is 40.1 Å². The largest absolute Gasteiger partial charge is 0.493 e. The molecule has 246 valence electrons. The first-order chi connectivity index (χ1) is 22.5. The van der Waals surface area contributed by atoms with Gasteiger partial charge in [-0.2, -0.15) is 4.80 Å². The monoisotopic (exact) mass is 641 g/mol. The molecule has 0 saturated heterocycles. The van der Waals surface area contributed by atoms with E-state index in [1.807, 2.05) is 32.0 Å². The molecule has 1 heterocycles. The molecule has 13 nitrogen and oxygen atoms in total. The Morgan fingerprint density at radius 3 is 2.40 bits per heavy atom. The van der Waals surface area contributed by atoms with Crippen molar-refractivity contribution in [1.29, 1.82) is 0 Å². The summed E-state index contributed by atoms with van der Waals surface area (Å²) >= 11 is 0. The van der Waals surface area contributed by atoms with Crippen molar-refractivity contribution >= 4 is 23.2 Å². The molecule has 0 bridgehead atoms. The van der Waals surface area contributed by atoms with Gasteiger partial charge in [0.25, 0.3) is 0 Å². The molecule has 0 spiro atoms.